The minimum absolute atomic E-state index is 0.178. The average molecular weight is 422 g/mol. The van der Waals surface area contributed by atoms with E-state index in [0.29, 0.717) is 41.2 Å². The smallest absolute Gasteiger partial charge is 0.319 e. The Bertz CT molecular complexity index is 874. The summed E-state index contributed by atoms with van der Waals surface area (Å²) < 4.78 is 15.8. The van der Waals surface area contributed by atoms with Crippen LogP contribution in [-0.2, 0) is 11.3 Å². The van der Waals surface area contributed by atoms with Gasteiger partial charge in [-0.2, -0.15) is 0 Å². The standard InChI is InChI=1S/C19H24ClN5O4/c1-12-8-18(25-4-6-29-7-5-25)24-17(22-12)11-21-19(26)23-14-9-13(20)15(27-2)10-16(14)28-3/h8-10H,4-7,11H2,1-3H3,(H2,21,23,26). The molecule has 0 saturated carbocycles. The number of methoxy groups -OCH3 is 2. The predicted octanol–water partition coefficient (Wildman–Crippen LogP) is 2.61. The number of anilines is 2. The van der Waals surface area contributed by atoms with Gasteiger partial charge in [-0.15, -0.1) is 0 Å². The van der Waals surface area contributed by atoms with Gasteiger partial charge in [-0.05, 0) is 13.0 Å². The second-order valence-electron chi connectivity index (χ2n) is 6.38. The number of nitrogens with one attached hydrogen (secondary N) is 2. The van der Waals surface area contributed by atoms with Crippen molar-refractivity contribution in [3.05, 3.63) is 34.7 Å². The van der Waals surface area contributed by atoms with Crippen LogP contribution in [-0.4, -0.2) is 56.5 Å². The summed E-state index contributed by atoms with van der Waals surface area (Å²) in [5, 5.41) is 5.84. The number of urea groups is 1. The number of hydrogen-bond acceptors (Lipinski definition) is 7. The molecule has 1 aromatic carbocycles. The molecule has 2 amide bonds. The fourth-order valence-electron chi connectivity index (χ4n) is 2.93. The van der Waals surface area contributed by atoms with E-state index in [1.165, 1.54) is 14.2 Å². The van der Waals surface area contributed by atoms with Crippen molar-refractivity contribution in [2.24, 2.45) is 0 Å². The van der Waals surface area contributed by atoms with Crippen LogP contribution in [0.15, 0.2) is 18.2 Å². The number of hydrogen-bond donors (Lipinski definition) is 2. The lowest BCUT2D eigenvalue weighted by atomic mass is 10.2. The van der Waals surface area contributed by atoms with Gasteiger partial charge in [0, 0.05) is 30.9 Å². The molecule has 10 heteroatoms. The first-order valence-electron chi connectivity index (χ1n) is 9.13. The van der Waals surface area contributed by atoms with Crippen LogP contribution in [0, 0.1) is 6.92 Å². The summed E-state index contributed by atoms with van der Waals surface area (Å²) in [6.07, 6.45) is 0. The number of nitrogens with zero attached hydrogens (tertiary/aromatic N) is 3. The fourth-order valence-corrected chi connectivity index (χ4v) is 3.17. The Morgan fingerprint density at radius 3 is 2.59 bits per heavy atom. The van der Waals surface area contributed by atoms with E-state index in [1.54, 1.807) is 12.1 Å². The number of benzene rings is 1. The van der Waals surface area contributed by atoms with Gasteiger partial charge in [0.05, 0.1) is 44.7 Å². The highest BCUT2D eigenvalue weighted by atomic mass is 35.5. The first kappa shape index (κ1) is 20.9. The van der Waals surface area contributed by atoms with Gasteiger partial charge in [0.25, 0.3) is 0 Å². The average Bonchev–Trinajstić information content (AvgIpc) is 2.73. The highest BCUT2D eigenvalue weighted by Gasteiger charge is 2.15. The zero-order valence-electron chi connectivity index (χ0n) is 16.6. The zero-order chi connectivity index (χ0) is 20.8. The first-order chi connectivity index (χ1) is 14.0. The summed E-state index contributed by atoms with van der Waals surface area (Å²) in [6.45, 7) is 4.98. The third-order valence-corrected chi connectivity index (χ3v) is 4.65. The van der Waals surface area contributed by atoms with Gasteiger partial charge in [-0.3, -0.25) is 0 Å². The van der Waals surface area contributed by atoms with E-state index in [4.69, 9.17) is 25.8 Å². The number of amides is 2. The van der Waals surface area contributed by atoms with Crippen molar-refractivity contribution in [2.45, 2.75) is 13.5 Å². The predicted molar refractivity (Wildman–Crippen MR) is 110 cm³/mol. The molecule has 1 aliphatic rings. The molecule has 0 unspecified atom stereocenters. The maximum absolute atomic E-state index is 12.4. The van der Waals surface area contributed by atoms with E-state index in [2.05, 4.69) is 25.5 Å². The second-order valence-corrected chi connectivity index (χ2v) is 6.79. The second kappa shape index (κ2) is 9.62. The number of carbonyl (C=O) groups excluding carboxylic acids is 1. The molecule has 1 fully saturated rings. The summed E-state index contributed by atoms with van der Waals surface area (Å²) in [5.41, 5.74) is 1.26. The van der Waals surface area contributed by atoms with Crippen molar-refractivity contribution in [1.82, 2.24) is 15.3 Å². The van der Waals surface area contributed by atoms with Crippen LogP contribution in [0.25, 0.3) is 0 Å². The molecule has 1 aliphatic heterocycles. The maximum atomic E-state index is 12.4. The van der Waals surface area contributed by atoms with E-state index >= 15 is 0 Å². The number of ether oxygens (including phenoxy) is 3. The topological polar surface area (TPSA) is 97.8 Å². The molecule has 0 radical (unpaired) electrons. The zero-order valence-corrected chi connectivity index (χ0v) is 17.4. The third kappa shape index (κ3) is 5.39. The summed E-state index contributed by atoms with van der Waals surface area (Å²) >= 11 is 6.14. The SMILES string of the molecule is COc1cc(OC)c(NC(=O)NCc2nc(C)cc(N3CCOCC3)n2)cc1Cl. The van der Waals surface area contributed by atoms with Crippen molar-refractivity contribution < 1.29 is 19.0 Å². The Morgan fingerprint density at radius 2 is 1.90 bits per heavy atom. The van der Waals surface area contributed by atoms with Crippen LogP contribution in [0.3, 0.4) is 0 Å². The lowest BCUT2D eigenvalue weighted by Crippen LogP contribution is -2.37. The Hall–Kier alpha value is -2.78. The number of aromatic nitrogens is 2. The molecule has 156 valence electrons. The van der Waals surface area contributed by atoms with Crippen LogP contribution < -0.4 is 25.0 Å². The van der Waals surface area contributed by atoms with Crippen molar-refractivity contribution >= 4 is 29.1 Å². The van der Waals surface area contributed by atoms with Crippen LogP contribution in [0.2, 0.25) is 5.02 Å². The summed E-state index contributed by atoms with van der Waals surface area (Å²) in [5.74, 6) is 2.25. The van der Waals surface area contributed by atoms with E-state index in [1.807, 2.05) is 13.0 Å². The highest BCUT2D eigenvalue weighted by Crippen LogP contribution is 2.35. The molecule has 0 aliphatic carbocycles. The Balaban J connectivity index is 1.65. The molecule has 3 rings (SSSR count). The monoisotopic (exact) mass is 421 g/mol. The van der Waals surface area contributed by atoms with E-state index in [0.717, 1.165) is 24.6 Å². The van der Waals surface area contributed by atoms with Crippen LogP contribution in [0.1, 0.15) is 11.5 Å². The largest absolute Gasteiger partial charge is 0.495 e. The lowest BCUT2D eigenvalue weighted by Gasteiger charge is -2.28. The first-order valence-corrected chi connectivity index (χ1v) is 9.51. The number of aryl methyl sites for hydroxylation is 1. The number of morpholine rings is 1. The summed E-state index contributed by atoms with van der Waals surface area (Å²) in [7, 11) is 3.01. The molecule has 2 N–H and O–H groups in total. The molecular weight excluding hydrogens is 398 g/mol. The van der Waals surface area contributed by atoms with Gasteiger partial charge in [0.15, 0.2) is 0 Å². The molecule has 1 saturated heterocycles. The third-order valence-electron chi connectivity index (χ3n) is 4.35. The van der Waals surface area contributed by atoms with Gasteiger partial charge < -0.3 is 29.7 Å². The van der Waals surface area contributed by atoms with Gasteiger partial charge in [-0.1, -0.05) is 11.6 Å². The van der Waals surface area contributed by atoms with Gasteiger partial charge in [-0.25, -0.2) is 14.8 Å². The Labute approximate surface area is 174 Å². The molecule has 2 aromatic rings. The van der Waals surface area contributed by atoms with Crippen LogP contribution in [0.4, 0.5) is 16.3 Å². The van der Waals surface area contributed by atoms with Crippen LogP contribution >= 0.6 is 11.6 Å². The van der Waals surface area contributed by atoms with Crippen molar-refractivity contribution in [1.29, 1.82) is 0 Å². The normalized spacial score (nSPS) is 13.7. The number of rotatable bonds is 6. The fraction of sp³-hybridized carbons (Fsp3) is 0.421. The van der Waals surface area contributed by atoms with E-state index < -0.39 is 6.03 Å². The van der Waals surface area contributed by atoms with E-state index in [9.17, 15) is 4.79 Å². The van der Waals surface area contributed by atoms with E-state index in [-0.39, 0.29) is 6.54 Å². The quantitative estimate of drug-likeness (QED) is 0.739. The summed E-state index contributed by atoms with van der Waals surface area (Å²) in [6, 6.07) is 4.68. The van der Waals surface area contributed by atoms with Gasteiger partial charge in [0.2, 0.25) is 0 Å². The number of halogens is 1. The van der Waals surface area contributed by atoms with Crippen molar-refractivity contribution in [3.8, 4) is 11.5 Å². The molecule has 29 heavy (non-hydrogen) atoms. The summed E-state index contributed by atoms with van der Waals surface area (Å²) in [4.78, 5) is 23.5. The minimum Gasteiger partial charge on any atom is -0.495 e. The molecule has 0 atom stereocenters. The molecular formula is C19H24ClN5O4. The van der Waals surface area contributed by atoms with Crippen LogP contribution in [0.5, 0.6) is 11.5 Å². The Kier molecular flexibility index (Phi) is 6.95. The molecule has 0 bridgehead atoms. The van der Waals surface area contributed by atoms with Gasteiger partial charge in [0.1, 0.15) is 23.1 Å². The van der Waals surface area contributed by atoms with Crippen molar-refractivity contribution in [2.75, 3.05) is 50.7 Å². The minimum atomic E-state index is -0.428. The molecule has 1 aromatic heterocycles. The Morgan fingerprint density at radius 1 is 1.17 bits per heavy atom. The maximum Gasteiger partial charge on any atom is 0.319 e. The lowest BCUT2D eigenvalue weighted by molar-refractivity contribution is 0.122. The highest BCUT2D eigenvalue weighted by molar-refractivity contribution is 6.32. The molecule has 9 nitrogen and oxygen atoms in total. The molecule has 0 spiro atoms. The number of carbonyl (C=O) groups is 1. The van der Waals surface area contributed by atoms with Crippen molar-refractivity contribution in [3.63, 3.8) is 0 Å². The molecule has 2 heterocycles. The van der Waals surface area contributed by atoms with Gasteiger partial charge >= 0.3 is 6.03 Å².